The monoisotopic (exact) mass is 197 g/mol. The fourth-order valence-electron chi connectivity index (χ4n) is 1.42. The van der Waals surface area contributed by atoms with Crippen LogP contribution in [0.5, 0.6) is 0 Å². The van der Waals surface area contributed by atoms with Crippen LogP contribution >= 0.6 is 0 Å². The quantitative estimate of drug-likeness (QED) is 0.553. The molecule has 0 N–H and O–H groups in total. The molecular formula is C11H23N3. The predicted octanol–water partition coefficient (Wildman–Crippen LogP) is 1.56. The molecule has 0 aliphatic rings. The molecule has 0 aromatic heterocycles. The Hall–Kier alpha value is -0.590. The Bertz CT molecular complexity index is 160. The Balaban J connectivity index is 3.43. The van der Waals surface area contributed by atoms with E-state index < -0.39 is 0 Å². The summed E-state index contributed by atoms with van der Waals surface area (Å²) in [7, 11) is 4.21. The molecule has 0 aliphatic carbocycles. The highest BCUT2D eigenvalue weighted by molar-refractivity contribution is 4.69. The topological polar surface area (TPSA) is 30.3 Å². The minimum atomic E-state index is 0.685. The maximum absolute atomic E-state index is 8.43. The second-order valence-electron chi connectivity index (χ2n) is 3.85. The van der Waals surface area contributed by atoms with Crippen LogP contribution in [0.2, 0.25) is 0 Å². The first-order valence-corrected chi connectivity index (χ1v) is 5.44. The summed E-state index contributed by atoms with van der Waals surface area (Å²) >= 11 is 0. The largest absolute Gasteiger partial charge is 0.309 e. The van der Waals surface area contributed by atoms with Crippen LogP contribution in [0.15, 0.2) is 0 Å². The molecule has 0 unspecified atom stereocenters. The molecule has 0 heterocycles. The number of hydrogen-bond acceptors (Lipinski definition) is 3. The third-order valence-corrected chi connectivity index (χ3v) is 2.29. The number of hydrogen-bond donors (Lipinski definition) is 0. The molecule has 0 aromatic carbocycles. The van der Waals surface area contributed by atoms with Crippen LogP contribution in [0.25, 0.3) is 0 Å². The zero-order valence-electron chi connectivity index (χ0n) is 9.79. The Kier molecular flexibility index (Phi) is 8.61. The highest BCUT2D eigenvalue weighted by Gasteiger charge is 2.01. The maximum Gasteiger partial charge on any atom is 0.0622 e. The molecule has 14 heavy (non-hydrogen) atoms. The van der Waals surface area contributed by atoms with E-state index in [1.165, 1.54) is 6.42 Å². The predicted molar refractivity (Wildman–Crippen MR) is 60.1 cm³/mol. The van der Waals surface area contributed by atoms with Gasteiger partial charge in [-0.25, -0.2) is 0 Å². The summed E-state index contributed by atoms with van der Waals surface area (Å²) in [5, 5.41) is 8.43. The first-order valence-electron chi connectivity index (χ1n) is 5.44. The van der Waals surface area contributed by atoms with Crippen LogP contribution in [0, 0.1) is 11.3 Å². The smallest absolute Gasteiger partial charge is 0.0622 e. The summed E-state index contributed by atoms with van der Waals surface area (Å²) < 4.78 is 0. The standard InChI is InChI=1S/C11H23N3/c1-4-14(10-6-5-8-12)11-7-9-13(2)3/h4-7,9-11H2,1-3H3. The van der Waals surface area contributed by atoms with Crippen LogP contribution < -0.4 is 0 Å². The second-order valence-corrected chi connectivity index (χ2v) is 3.85. The number of nitriles is 1. The van der Waals surface area contributed by atoms with Crippen molar-refractivity contribution in [1.29, 1.82) is 5.26 Å². The van der Waals surface area contributed by atoms with E-state index in [0.29, 0.717) is 6.42 Å². The van der Waals surface area contributed by atoms with Crippen molar-refractivity contribution in [1.82, 2.24) is 9.80 Å². The zero-order chi connectivity index (χ0) is 10.8. The van der Waals surface area contributed by atoms with Gasteiger partial charge in [0.25, 0.3) is 0 Å². The van der Waals surface area contributed by atoms with Crippen molar-refractivity contribution >= 4 is 0 Å². The summed E-state index contributed by atoms with van der Waals surface area (Å²) in [6, 6.07) is 2.19. The number of nitrogens with zero attached hydrogens (tertiary/aromatic N) is 3. The van der Waals surface area contributed by atoms with Crippen molar-refractivity contribution in [3.05, 3.63) is 0 Å². The molecule has 0 radical (unpaired) electrons. The van der Waals surface area contributed by atoms with Gasteiger partial charge < -0.3 is 9.80 Å². The van der Waals surface area contributed by atoms with E-state index in [4.69, 9.17) is 5.26 Å². The average Bonchev–Trinajstić information content (AvgIpc) is 2.15. The van der Waals surface area contributed by atoms with Gasteiger partial charge in [-0.15, -0.1) is 0 Å². The molecule has 0 fully saturated rings. The normalized spacial score (nSPS) is 10.9. The SMILES string of the molecule is CCN(CCCC#N)CCCN(C)C. The molecule has 0 amide bonds. The van der Waals surface area contributed by atoms with Crippen molar-refractivity contribution in [2.24, 2.45) is 0 Å². The molecule has 0 aromatic rings. The van der Waals surface area contributed by atoms with Crippen molar-refractivity contribution in [3.8, 4) is 6.07 Å². The van der Waals surface area contributed by atoms with Crippen molar-refractivity contribution < 1.29 is 0 Å². The van der Waals surface area contributed by atoms with Crippen molar-refractivity contribution in [3.63, 3.8) is 0 Å². The first-order chi connectivity index (χ1) is 6.70. The van der Waals surface area contributed by atoms with Crippen LogP contribution in [-0.2, 0) is 0 Å². The lowest BCUT2D eigenvalue weighted by Gasteiger charge is -2.20. The van der Waals surface area contributed by atoms with Gasteiger partial charge in [0.15, 0.2) is 0 Å². The third-order valence-electron chi connectivity index (χ3n) is 2.29. The Morgan fingerprint density at radius 1 is 1.07 bits per heavy atom. The summed E-state index contributed by atoms with van der Waals surface area (Å²) in [6.45, 7) is 6.65. The molecule has 0 rings (SSSR count). The van der Waals surface area contributed by atoms with Crippen molar-refractivity contribution in [2.45, 2.75) is 26.2 Å². The van der Waals surface area contributed by atoms with E-state index in [9.17, 15) is 0 Å². The van der Waals surface area contributed by atoms with Gasteiger partial charge in [0.1, 0.15) is 0 Å². The Labute approximate surface area is 88.3 Å². The van der Waals surface area contributed by atoms with E-state index in [1.807, 2.05) is 0 Å². The van der Waals surface area contributed by atoms with E-state index in [2.05, 4.69) is 36.9 Å². The molecule has 0 atom stereocenters. The minimum Gasteiger partial charge on any atom is -0.309 e. The molecule has 82 valence electrons. The van der Waals surface area contributed by atoms with Gasteiger partial charge in [-0.2, -0.15) is 5.26 Å². The van der Waals surface area contributed by atoms with Gasteiger partial charge in [0.05, 0.1) is 6.07 Å². The Morgan fingerprint density at radius 3 is 2.21 bits per heavy atom. The van der Waals surface area contributed by atoms with Crippen molar-refractivity contribution in [2.75, 3.05) is 40.3 Å². The van der Waals surface area contributed by atoms with E-state index in [0.717, 1.165) is 32.6 Å². The highest BCUT2D eigenvalue weighted by atomic mass is 15.1. The Morgan fingerprint density at radius 2 is 1.71 bits per heavy atom. The molecule has 0 saturated heterocycles. The van der Waals surface area contributed by atoms with E-state index in [1.54, 1.807) is 0 Å². The van der Waals surface area contributed by atoms with Gasteiger partial charge >= 0.3 is 0 Å². The molecule has 0 saturated carbocycles. The lowest BCUT2D eigenvalue weighted by atomic mass is 10.3. The summed E-state index contributed by atoms with van der Waals surface area (Å²) in [4.78, 5) is 4.63. The maximum atomic E-state index is 8.43. The van der Waals surface area contributed by atoms with E-state index in [-0.39, 0.29) is 0 Å². The van der Waals surface area contributed by atoms with Crippen LogP contribution in [0.1, 0.15) is 26.2 Å². The number of rotatable bonds is 8. The van der Waals surface area contributed by atoms with Gasteiger partial charge in [-0.3, -0.25) is 0 Å². The van der Waals surface area contributed by atoms with Crippen LogP contribution in [0.3, 0.4) is 0 Å². The molecule has 0 bridgehead atoms. The third kappa shape index (κ3) is 8.03. The second kappa shape index (κ2) is 8.98. The van der Waals surface area contributed by atoms with Crippen LogP contribution in [-0.4, -0.2) is 50.1 Å². The van der Waals surface area contributed by atoms with Gasteiger partial charge in [-0.05, 0) is 53.1 Å². The summed E-state index contributed by atoms with van der Waals surface area (Å²) in [6.07, 6.45) is 2.91. The molecule has 3 nitrogen and oxygen atoms in total. The zero-order valence-corrected chi connectivity index (χ0v) is 9.79. The lowest BCUT2D eigenvalue weighted by Crippen LogP contribution is -2.28. The fraction of sp³-hybridized carbons (Fsp3) is 0.909. The molecule has 0 aliphatic heterocycles. The molecule has 3 heteroatoms. The van der Waals surface area contributed by atoms with Gasteiger partial charge in [0, 0.05) is 6.42 Å². The minimum absolute atomic E-state index is 0.685. The average molecular weight is 197 g/mol. The van der Waals surface area contributed by atoms with Gasteiger partial charge in [0.2, 0.25) is 0 Å². The van der Waals surface area contributed by atoms with Crippen LogP contribution in [0.4, 0.5) is 0 Å². The fourth-order valence-corrected chi connectivity index (χ4v) is 1.42. The first kappa shape index (κ1) is 13.4. The summed E-state index contributed by atoms with van der Waals surface area (Å²) in [5.41, 5.74) is 0. The number of unbranched alkanes of at least 4 members (excludes halogenated alkanes) is 1. The molecule has 0 spiro atoms. The lowest BCUT2D eigenvalue weighted by molar-refractivity contribution is 0.264. The summed E-state index contributed by atoms with van der Waals surface area (Å²) in [5.74, 6) is 0. The molecular weight excluding hydrogens is 174 g/mol. The highest BCUT2D eigenvalue weighted by Crippen LogP contribution is 1.96. The van der Waals surface area contributed by atoms with E-state index >= 15 is 0 Å². The van der Waals surface area contributed by atoms with Gasteiger partial charge in [-0.1, -0.05) is 6.92 Å².